The maximum absolute atomic E-state index is 13.8. The number of nitrogens with zero attached hydrogens (tertiary/aromatic N) is 1. The number of benzene rings is 3. The number of allylic oxidation sites excluding steroid dienone is 1. The molecule has 3 rings (SSSR count). The zero-order chi connectivity index (χ0) is 19.2. The molecule has 0 unspecified atom stereocenters. The average molecular weight is 443 g/mol. The van der Waals surface area contributed by atoms with Gasteiger partial charge >= 0.3 is 0 Å². The van der Waals surface area contributed by atoms with E-state index in [0.717, 1.165) is 10.0 Å². The Morgan fingerprint density at radius 1 is 1.11 bits per heavy atom. The number of rotatable bonds is 5. The Bertz CT molecular complexity index is 1030. The summed E-state index contributed by atoms with van der Waals surface area (Å²) in [5.74, 6) is 0.198. The van der Waals surface area contributed by atoms with Crippen molar-refractivity contribution in [3.63, 3.8) is 0 Å². The molecule has 0 N–H and O–H groups in total. The number of hydrogen-bond donors (Lipinski definition) is 0. The second kappa shape index (κ2) is 8.85. The van der Waals surface area contributed by atoms with Gasteiger partial charge in [0.25, 0.3) is 0 Å². The van der Waals surface area contributed by atoms with Gasteiger partial charge in [-0.2, -0.15) is 5.26 Å². The molecule has 0 aliphatic carbocycles. The molecule has 0 saturated heterocycles. The molecule has 134 valence electrons. The Morgan fingerprint density at radius 2 is 1.85 bits per heavy atom. The summed E-state index contributed by atoms with van der Waals surface area (Å²) in [6.07, 6.45) is 1.71. The van der Waals surface area contributed by atoms with Crippen LogP contribution in [0.25, 0.3) is 11.6 Å². The quantitative estimate of drug-likeness (QED) is 0.318. The van der Waals surface area contributed by atoms with E-state index in [9.17, 15) is 9.65 Å². The molecule has 0 spiro atoms. The van der Waals surface area contributed by atoms with E-state index in [4.69, 9.17) is 16.3 Å². The summed E-state index contributed by atoms with van der Waals surface area (Å²) in [6.45, 7) is 0.0787. The minimum absolute atomic E-state index is 0.0787. The standard InChI is InChI=1S/C22H14BrClFNO/c23-19-7-5-15(6-8-19)18(13-26)11-17-12-20(24)9-10-22(17)27-14-16-3-1-2-4-21(16)25/h1-12H,14H2/b18-11+. The van der Waals surface area contributed by atoms with Gasteiger partial charge in [-0.15, -0.1) is 0 Å². The summed E-state index contributed by atoms with van der Waals surface area (Å²) in [7, 11) is 0. The first-order valence-electron chi connectivity index (χ1n) is 8.10. The fourth-order valence-corrected chi connectivity index (χ4v) is 2.94. The molecule has 0 aliphatic heterocycles. The van der Waals surface area contributed by atoms with Crippen LogP contribution in [0.15, 0.2) is 71.2 Å². The Balaban J connectivity index is 1.92. The molecule has 0 fully saturated rings. The van der Waals surface area contributed by atoms with Crippen LogP contribution in [-0.4, -0.2) is 0 Å². The van der Waals surface area contributed by atoms with Gasteiger partial charge < -0.3 is 4.74 Å². The van der Waals surface area contributed by atoms with Crippen molar-refractivity contribution in [2.75, 3.05) is 0 Å². The monoisotopic (exact) mass is 441 g/mol. The van der Waals surface area contributed by atoms with Gasteiger partial charge in [-0.3, -0.25) is 0 Å². The molecule has 0 aromatic heterocycles. The van der Waals surface area contributed by atoms with E-state index in [1.165, 1.54) is 6.07 Å². The molecular weight excluding hydrogens is 429 g/mol. The van der Waals surface area contributed by atoms with Crippen molar-refractivity contribution >= 4 is 39.2 Å². The first-order valence-corrected chi connectivity index (χ1v) is 9.27. The molecule has 5 heteroatoms. The summed E-state index contributed by atoms with van der Waals surface area (Å²) >= 11 is 9.50. The summed E-state index contributed by atoms with van der Waals surface area (Å²) in [5, 5.41) is 10.1. The van der Waals surface area contributed by atoms with E-state index in [-0.39, 0.29) is 12.4 Å². The number of ether oxygens (including phenoxy) is 1. The van der Waals surface area contributed by atoms with Crippen LogP contribution in [0, 0.1) is 17.1 Å². The Labute approximate surface area is 170 Å². The van der Waals surface area contributed by atoms with Crippen LogP contribution in [0.4, 0.5) is 4.39 Å². The van der Waals surface area contributed by atoms with Gasteiger partial charge in [-0.25, -0.2) is 4.39 Å². The highest BCUT2D eigenvalue weighted by atomic mass is 79.9. The van der Waals surface area contributed by atoms with Gasteiger partial charge in [0, 0.05) is 20.6 Å². The summed E-state index contributed by atoms with van der Waals surface area (Å²) in [4.78, 5) is 0. The lowest BCUT2D eigenvalue weighted by Crippen LogP contribution is -1.99. The summed E-state index contributed by atoms with van der Waals surface area (Å²) < 4.78 is 20.5. The molecule has 0 amide bonds. The first kappa shape index (κ1) is 19.2. The number of hydrogen-bond acceptors (Lipinski definition) is 2. The normalized spacial score (nSPS) is 11.1. The lowest BCUT2D eigenvalue weighted by atomic mass is 10.0. The van der Waals surface area contributed by atoms with Crippen LogP contribution in [-0.2, 0) is 6.61 Å². The summed E-state index contributed by atoms with van der Waals surface area (Å²) in [5.41, 5.74) is 2.36. The van der Waals surface area contributed by atoms with E-state index in [0.29, 0.717) is 27.5 Å². The fourth-order valence-electron chi connectivity index (χ4n) is 2.50. The first-order chi connectivity index (χ1) is 13.1. The smallest absolute Gasteiger partial charge is 0.129 e. The minimum Gasteiger partial charge on any atom is -0.488 e. The maximum Gasteiger partial charge on any atom is 0.129 e. The molecular formula is C22H14BrClFNO. The molecule has 0 heterocycles. The molecule has 3 aromatic rings. The number of halogens is 3. The van der Waals surface area contributed by atoms with Crippen LogP contribution in [0.1, 0.15) is 16.7 Å². The van der Waals surface area contributed by atoms with Crippen molar-refractivity contribution < 1.29 is 9.13 Å². The highest BCUT2D eigenvalue weighted by Gasteiger charge is 2.08. The van der Waals surface area contributed by atoms with E-state index >= 15 is 0 Å². The second-order valence-electron chi connectivity index (χ2n) is 5.74. The van der Waals surface area contributed by atoms with E-state index in [2.05, 4.69) is 22.0 Å². The van der Waals surface area contributed by atoms with Crippen molar-refractivity contribution in [2.24, 2.45) is 0 Å². The molecule has 0 atom stereocenters. The van der Waals surface area contributed by atoms with Crippen LogP contribution < -0.4 is 4.74 Å². The molecule has 0 aliphatic rings. The van der Waals surface area contributed by atoms with E-state index in [1.54, 1.807) is 42.5 Å². The third-order valence-corrected chi connectivity index (χ3v) is 4.65. The SMILES string of the molecule is N#C/C(=C\c1cc(Cl)ccc1OCc1ccccc1F)c1ccc(Br)cc1. The lowest BCUT2D eigenvalue weighted by molar-refractivity contribution is 0.299. The predicted molar refractivity (Wildman–Crippen MR) is 110 cm³/mol. The Kier molecular flexibility index (Phi) is 6.28. The minimum atomic E-state index is -0.323. The van der Waals surface area contributed by atoms with Crippen molar-refractivity contribution in [1.82, 2.24) is 0 Å². The average Bonchev–Trinajstić information content (AvgIpc) is 2.67. The molecule has 27 heavy (non-hydrogen) atoms. The van der Waals surface area contributed by atoms with Crippen molar-refractivity contribution in [2.45, 2.75) is 6.61 Å². The molecule has 3 aromatic carbocycles. The maximum atomic E-state index is 13.8. The zero-order valence-corrected chi connectivity index (χ0v) is 16.5. The van der Waals surface area contributed by atoms with Gasteiger partial charge in [0.1, 0.15) is 18.2 Å². The van der Waals surface area contributed by atoms with Gasteiger partial charge in [-0.1, -0.05) is 57.9 Å². The molecule has 0 saturated carbocycles. The molecule has 0 bridgehead atoms. The van der Waals surface area contributed by atoms with Crippen molar-refractivity contribution in [1.29, 1.82) is 5.26 Å². The highest BCUT2D eigenvalue weighted by molar-refractivity contribution is 9.10. The van der Waals surface area contributed by atoms with Crippen molar-refractivity contribution in [3.8, 4) is 11.8 Å². The lowest BCUT2D eigenvalue weighted by Gasteiger charge is -2.11. The third-order valence-electron chi connectivity index (χ3n) is 3.89. The van der Waals surface area contributed by atoms with Crippen LogP contribution in [0.2, 0.25) is 5.02 Å². The summed E-state index contributed by atoms with van der Waals surface area (Å²) in [6, 6.07) is 21.2. The largest absolute Gasteiger partial charge is 0.488 e. The molecule has 2 nitrogen and oxygen atoms in total. The molecule has 0 radical (unpaired) electrons. The van der Waals surface area contributed by atoms with E-state index < -0.39 is 0 Å². The van der Waals surface area contributed by atoms with Gasteiger partial charge in [-0.05, 0) is 48.0 Å². The van der Waals surface area contributed by atoms with Crippen LogP contribution >= 0.6 is 27.5 Å². The van der Waals surface area contributed by atoms with Crippen molar-refractivity contribution in [3.05, 3.63) is 98.7 Å². The number of nitriles is 1. The Morgan fingerprint density at radius 3 is 2.56 bits per heavy atom. The second-order valence-corrected chi connectivity index (χ2v) is 7.09. The highest BCUT2D eigenvalue weighted by Crippen LogP contribution is 2.29. The zero-order valence-electron chi connectivity index (χ0n) is 14.1. The van der Waals surface area contributed by atoms with Crippen LogP contribution in [0.5, 0.6) is 5.75 Å². The van der Waals surface area contributed by atoms with Crippen LogP contribution in [0.3, 0.4) is 0 Å². The third kappa shape index (κ3) is 4.97. The van der Waals surface area contributed by atoms with Gasteiger partial charge in [0.15, 0.2) is 0 Å². The Hall–Kier alpha value is -2.61. The van der Waals surface area contributed by atoms with E-state index in [1.807, 2.05) is 24.3 Å². The van der Waals surface area contributed by atoms with Gasteiger partial charge in [0.2, 0.25) is 0 Å². The predicted octanol–water partition coefficient (Wildman–Crippen LogP) is 6.88. The fraction of sp³-hybridized carbons (Fsp3) is 0.0455. The topological polar surface area (TPSA) is 33.0 Å². The van der Waals surface area contributed by atoms with Gasteiger partial charge in [0.05, 0.1) is 11.6 Å².